The van der Waals surface area contributed by atoms with E-state index in [1.165, 1.54) is 20.3 Å². The molecule has 0 saturated carbocycles. The van der Waals surface area contributed by atoms with E-state index in [0.717, 1.165) is 5.56 Å². The van der Waals surface area contributed by atoms with Gasteiger partial charge in [-0.3, -0.25) is 9.59 Å². The van der Waals surface area contributed by atoms with Crippen LogP contribution in [0.15, 0.2) is 84.6 Å². The first kappa shape index (κ1) is 25.0. The van der Waals surface area contributed by atoms with Crippen LogP contribution in [0.4, 0.5) is 0 Å². The van der Waals surface area contributed by atoms with Crippen LogP contribution in [-0.4, -0.2) is 43.2 Å². The van der Waals surface area contributed by atoms with Crippen molar-refractivity contribution in [1.29, 1.82) is 0 Å². The second-order valence-electron chi connectivity index (χ2n) is 7.57. The van der Waals surface area contributed by atoms with Gasteiger partial charge in [0.1, 0.15) is 23.2 Å². The molecule has 3 aromatic rings. The largest absolute Gasteiger partial charge is 0.497 e. The lowest BCUT2D eigenvalue weighted by Gasteiger charge is -2.17. The maximum Gasteiger partial charge on any atom is 0.326 e. The molecular weight excluding hydrogens is 448 g/mol. The third kappa shape index (κ3) is 7.20. The van der Waals surface area contributed by atoms with Gasteiger partial charge in [0.15, 0.2) is 0 Å². The number of carboxylic acid groups (broad SMARTS) is 1. The number of aliphatic carboxylic acids is 1. The molecular formula is C27H26N2O6. The minimum Gasteiger partial charge on any atom is -0.497 e. The molecule has 0 aliphatic rings. The van der Waals surface area contributed by atoms with Gasteiger partial charge in [-0.1, -0.05) is 42.5 Å². The molecule has 0 heterocycles. The number of methoxy groups -OCH3 is 2. The molecule has 3 N–H and O–H groups in total. The molecule has 0 bridgehead atoms. The van der Waals surface area contributed by atoms with E-state index in [-0.39, 0.29) is 12.1 Å². The zero-order chi connectivity index (χ0) is 25.2. The van der Waals surface area contributed by atoms with E-state index in [0.29, 0.717) is 22.6 Å². The summed E-state index contributed by atoms with van der Waals surface area (Å²) in [6.07, 6.45) is 1.56. The van der Waals surface area contributed by atoms with E-state index in [2.05, 4.69) is 10.6 Å². The highest BCUT2D eigenvalue weighted by atomic mass is 16.5. The van der Waals surface area contributed by atoms with Crippen LogP contribution < -0.4 is 20.1 Å². The van der Waals surface area contributed by atoms with Gasteiger partial charge in [0.2, 0.25) is 0 Å². The van der Waals surface area contributed by atoms with Gasteiger partial charge in [0.05, 0.1) is 14.2 Å². The molecule has 0 saturated heterocycles. The highest BCUT2D eigenvalue weighted by Gasteiger charge is 2.23. The fourth-order valence-electron chi connectivity index (χ4n) is 3.25. The number of hydrogen-bond donors (Lipinski definition) is 3. The molecule has 3 rings (SSSR count). The molecule has 0 spiro atoms. The van der Waals surface area contributed by atoms with E-state index in [1.807, 2.05) is 6.07 Å². The molecule has 0 fully saturated rings. The lowest BCUT2D eigenvalue weighted by molar-refractivity contribution is -0.141. The quantitative estimate of drug-likeness (QED) is 0.389. The van der Waals surface area contributed by atoms with Gasteiger partial charge in [-0.15, -0.1) is 0 Å². The molecule has 0 aliphatic heterocycles. The van der Waals surface area contributed by atoms with Crippen LogP contribution in [0, 0.1) is 0 Å². The van der Waals surface area contributed by atoms with Gasteiger partial charge < -0.3 is 25.2 Å². The van der Waals surface area contributed by atoms with Crippen molar-refractivity contribution in [2.75, 3.05) is 14.2 Å². The lowest BCUT2D eigenvalue weighted by atomic mass is 10.1. The Hall–Kier alpha value is -4.59. The molecule has 3 aromatic carbocycles. The Morgan fingerprint density at radius 3 is 1.97 bits per heavy atom. The van der Waals surface area contributed by atoms with Gasteiger partial charge >= 0.3 is 5.97 Å². The third-order valence-electron chi connectivity index (χ3n) is 5.16. The van der Waals surface area contributed by atoms with Crippen LogP contribution in [0.1, 0.15) is 21.5 Å². The molecule has 8 nitrogen and oxygen atoms in total. The first-order chi connectivity index (χ1) is 16.9. The zero-order valence-electron chi connectivity index (χ0n) is 19.4. The Bertz CT molecular complexity index is 1190. The van der Waals surface area contributed by atoms with Gasteiger partial charge in [-0.25, -0.2) is 4.79 Å². The summed E-state index contributed by atoms with van der Waals surface area (Å²) in [6.45, 7) is 0. The summed E-state index contributed by atoms with van der Waals surface area (Å²) in [6, 6.07) is 21.0. The number of carbonyl (C=O) groups excluding carboxylic acids is 2. The minimum atomic E-state index is -1.19. The van der Waals surface area contributed by atoms with Crippen molar-refractivity contribution in [3.05, 3.63) is 101 Å². The Morgan fingerprint density at radius 2 is 1.43 bits per heavy atom. The summed E-state index contributed by atoms with van der Waals surface area (Å²) in [5.41, 5.74) is 1.57. The predicted octanol–water partition coefficient (Wildman–Crippen LogP) is 3.29. The van der Waals surface area contributed by atoms with Gasteiger partial charge in [-0.05, 0) is 53.6 Å². The summed E-state index contributed by atoms with van der Waals surface area (Å²) in [5.74, 6) is -1.24. The van der Waals surface area contributed by atoms with Crippen LogP contribution in [0.3, 0.4) is 0 Å². The number of nitrogens with one attached hydrogen (secondary N) is 2. The van der Waals surface area contributed by atoms with Crippen molar-refractivity contribution in [3.8, 4) is 11.5 Å². The highest BCUT2D eigenvalue weighted by molar-refractivity contribution is 6.06. The highest BCUT2D eigenvalue weighted by Crippen LogP contribution is 2.15. The number of amides is 2. The van der Waals surface area contributed by atoms with Gasteiger partial charge in [-0.2, -0.15) is 0 Å². The fraction of sp³-hybridized carbons (Fsp3) is 0.148. The molecule has 0 aromatic heterocycles. The molecule has 35 heavy (non-hydrogen) atoms. The monoisotopic (exact) mass is 474 g/mol. The van der Waals surface area contributed by atoms with Gasteiger partial charge in [0.25, 0.3) is 11.8 Å². The van der Waals surface area contributed by atoms with Crippen LogP contribution in [0.25, 0.3) is 6.08 Å². The van der Waals surface area contributed by atoms with E-state index >= 15 is 0 Å². The van der Waals surface area contributed by atoms with Crippen LogP contribution in [0.2, 0.25) is 0 Å². The summed E-state index contributed by atoms with van der Waals surface area (Å²) in [7, 11) is 3.06. The first-order valence-corrected chi connectivity index (χ1v) is 10.8. The first-order valence-electron chi connectivity index (χ1n) is 10.8. The van der Waals surface area contributed by atoms with Crippen molar-refractivity contribution in [2.24, 2.45) is 0 Å². The second kappa shape index (κ2) is 12.0. The topological polar surface area (TPSA) is 114 Å². The minimum absolute atomic E-state index is 0.0875. The Balaban J connectivity index is 1.86. The van der Waals surface area contributed by atoms with Crippen molar-refractivity contribution in [2.45, 2.75) is 12.5 Å². The molecule has 0 aliphatic carbocycles. The number of carboxylic acids is 1. The van der Waals surface area contributed by atoms with Crippen molar-refractivity contribution >= 4 is 23.9 Å². The van der Waals surface area contributed by atoms with E-state index < -0.39 is 23.8 Å². The summed E-state index contributed by atoms with van der Waals surface area (Å²) >= 11 is 0. The average molecular weight is 475 g/mol. The van der Waals surface area contributed by atoms with Gasteiger partial charge in [0, 0.05) is 12.0 Å². The molecule has 0 radical (unpaired) electrons. The maximum absolute atomic E-state index is 13.1. The van der Waals surface area contributed by atoms with E-state index in [4.69, 9.17) is 9.47 Å². The number of rotatable bonds is 10. The number of ether oxygens (including phenoxy) is 2. The Kier molecular flexibility index (Phi) is 8.61. The van der Waals surface area contributed by atoms with Crippen molar-refractivity contribution in [1.82, 2.24) is 10.6 Å². The number of hydrogen-bond acceptors (Lipinski definition) is 5. The predicted molar refractivity (Wildman–Crippen MR) is 131 cm³/mol. The molecule has 180 valence electrons. The average Bonchev–Trinajstić information content (AvgIpc) is 2.88. The van der Waals surface area contributed by atoms with E-state index in [1.54, 1.807) is 72.8 Å². The smallest absolute Gasteiger partial charge is 0.326 e. The Morgan fingerprint density at radius 1 is 0.857 bits per heavy atom. The van der Waals surface area contributed by atoms with E-state index in [9.17, 15) is 19.5 Å². The molecule has 0 unspecified atom stereocenters. The SMILES string of the molecule is COc1ccc(/C=C(\NC(=O)c2ccc(OC)cc2)C(=O)N[C@H](Cc2ccccc2)C(=O)O)cc1. The summed E-state index contributed by atoms with van der Waals surface area (Å²) in [4.78, 5) is 37.8. The van der Waals surface area contributed by atoms with Crippen molar-refractivity contribution in [3.63, 3.8) is 0 Å². The molecule has 1 atom stereocenters. The molecule has 2 amide bonds. The Labute approximate surface area is 203 Å². The van der Waals surface area contributed by atoms with Crippen LogP contribution in [-0.2, 0) is 16.0 Å². The second-order valence-corrected chi connectivity index (χ2v) is 7.57. The van der Waals surface area contributed by atoms with Crippen molar-refractivity contribution < 1.29 is 29.0 Å². The summed E-state index contributed by atoms with van der Waals surface area (Å²) in [5, 5.41) is 14.8. The summed E-state index contributed by atoms with van der Waals surface area (Å²) < 4.78 is 10.3. The fourth-order valence-corrected chi connectivity index (χ4v) is 3.25. The number of carbonyl (C=O) groups is 3. The zero-order valence-corrected chi connectivity index (χ0v) is 19.4. The van der Waals surface area contributed by atoms with Crippen LogP contribution in [0.5, 0.6) is 11.5 Å². The normalized spacial score (nSPS) is 11.8. The maximum atomic E-state index is 13.1. The lowest BCUT2D eigenvalue weighted by Crippen LogP contribution is -2.45. The number of benzene rings is 3. The van der Waals surface area contributed by atoms with Crippen LogP contribution >= 0.6 is 0 Å². The third-order valence-corrected chi connectivity index (χ3v) is 5.16. The standard InChI is InChI=1S/C27H26N2O6/c1-34-21-12-8-19(9-13-21)16-23(28-25(30)20-10-14-22(35-2)15-11-20)26(31)29-24(27(32)33)17-18-6-4-3-5-7-18/h3-16,24H,17H2,1-2H3,(H,28,30)(H,29,31)(H,32,33)/b23-16-/t24-/m1/s1. The molecule has 8 heteroatoms.